The monoisotopic (exact) mass is 411 g/mol. The maximum absolute atomic E-state index is 12.0. The zero-order valence-electron chi connectivity index (χ0n) is 14.2. The maximum atomic E-state index is 12.0. The van der Waals surface area contributed by atoms with Crippen molar-refractivity contribution in [2.45, 2.75) is 25.2 Å². The van der Waals surface area contributed by atoms with E-state index in [-0.39, 0.29) is 25.5 Å². The number of amides is 1. The fourth-order valence-corrected chi connectivity index (χ4v) is 2.38. The number of hydrogen-bond donors (Lipinski definition) is 1. The first-order chi connectivity index (χ1) is 12.0. The van der Waals surface area contributed by atoms with Crippen LogP contribution in [0.5, 0.6) is 0 Å². The van der Waals surface area contributed by atoms with Crippen LogP contribution in [0.1, 0.15) is 30.6 Å². The summed E-state index contributed by atoms with van der Waals surface area (Å²) in [6.07, 6.45) is 3.40. The normalized spacial score (nSPS) is 12.0. The van der Waals surface area contributed by atoms with Gasteiger partial charge in [-0.05, 0) is 32.4 Å². The van der Waals surface area contributed by atoms with Crippen LogP contribution in [-0.4, -0.2) is 36.0 Å². The van der Waals surface area contributed by atoms with Gasteiger partial charge in [0.1, 0.15) is 4.95 Å². The van der Waals surface area contributed by atoms with E-state index in [4.69, 9.17) is 9.47 Å². The average Bonchev–Trinajstić information content (AvgIpc) is 2.59. The Hall–Kier alpha value is -2.15. The highest BCUT2D eigenvalue weighted by atomic mass is 79.9. The molecule has 0 aliphatic carbocycles. The predicted octanol–water partition coefficient (Wildman–Crippen LogP) is 2.83. The maximum Gasteiger partial charge on any atom is 0.320 e. The molecule has 0 aromatic heterocycles. The lowest BCUT2D eigenvalue weighted by Crippen LogP contribution is -2.29. The van der Waals surface area contributed by atoms with Gasteiger partial charge in [-0.3, -0.25) is 14.4 Å². The SMILES string of the molecule is CCOC(=O)C(C/C=C/C(Br)NC(=O)c1ccccc1)C(=O)OCC. The predicted molar refractivity (Wildman–Crippen MR) is 97.1 cm³/mol. The second kappa shape index (κ2) is 11.4. The molecule has 0 heterocycles. The first-order valence-electron chi connectivity index (χ1n) is 7.99. The van der Waals surface area contributed by atoms with Crippen LogP contribution >= 0.6 is 15.9 Å². The topological polar surface area (TPSA) is 81.7 Å². The molecule has 1 N–H and O–H groups in total. The summed E-state index contributed by atoms with van der Waals surface area (Å²) >= 11 is 3.31. The summed E-state index contributed by atoms with van der Waals surface area (Å²) < 4.78 is 9.79. The van der Waals surface area contributed by atoms with Gasteiger partial charge in [0.05, 0.1) is 13.2 Å². The van der Waals surface area contributed by atoms with Crippen molar-refractivity contribution in [2.75, 3.05) is 13.2 Å². The third kappa shape index (κ3) is 7.51. The number of nitrogens with one attached hydrogen (secondary N) is 1. The number of carbonyl (C=O) groups excluding carboxylic acids is 3. The summed E-state index contributed by atoms with van der Waals surface area (Å²) in [5, 5.41) is 2.74. The van der Waals surface area contributed by atoms with Crippen LogP contribution in [0.3, 0.4) is 0 Å². The Morgan fingerprint density at radius 2 is 1.64 bits per heavy atom. The molecule has 0 spiro atoms. The molecule has 136 valence electrons. The van der Waals surface area contributed by atoms with Gasteiger partial charge in [0, 0.05) is 5.56 Å². The van der Waals surface area contributed by atoms with Crippen LogP contribution in [0.2, 0.25) is 0 Å². The average molecular weight is 412 g/mol. The van der Waals surface area contributed by atoms with Gasteiger partial charge in [-0.15, -0.1) is 0 Å². The fraction of sp³-hybridized carbons (Fsp3) is 0.389. The van der Waals surface area contributed by atoms with E-state index in [1.807, 2.05) is 6.07 Å². The van der Waals surface area contributed by atoms with Gasteiger partial charge in [0.25, 0.3) is 5.91 Å². The van der Waals surface area contributed by atoms with E-state index < -0.39 is 22.8 Å². The van der Waals surface area contributed by atoms with Gasteiger partial charge in [-0.1, -0.05) is 46.3 Å². The number of allylic oxidation sites excluding steroid dienone is 1. The van der Waals surface area contributed by atoms with Crippen molar-refractivity contribution in [3.63, 3.8) is 0 Å². The smallest absolute Gasteiger partial charge is 0.320 e. The lowest BCUT2D eigenvalue weighted by atomic mass is 10.1. The first kappa shape index (κ1) is 20.9. The van der Waals surface area contributed by atoms with Crippen LogP contribution in [0.25, 0.3) is 0 Å². The van der Waals surface area contributed by atoms with Crippen LogP contribution in [0, 0.1) is 5.92 Å². The number of hydrogen-bond acceptors (Lipinski definition) is 5. The summed E-state index contributed by atoms with van der Waals surface area (Å²) in [7, 11) is 0. The molecule has 1 aromatic rings. The van der Waals surface area contributed by atoms with Gasteiger partial charge >= 0.3 is 11.9 Å². The molecule has 0 saturated carbocycles. The fourth-order valence-electron chi connectivity index (χ4n) is 1.95. The molecule has 0 radical (unpaired) electrons. The number of esters is 2. The Morgan fingerprint density at radius 1 is 1.08 bits per heavy atom. The van der Waals surface area contributed by atoms with Crippen LogP contribution in [0.4, 0.5) is 0 Å². The molecule has 0 aliphatic heterocycles. The molecule has 25 heavy (non-hydrogen) atoms. The highest BCUT2D eigenvalue weighted by Crippen LogP contribution is 2.11. The lowest BCUT2D eigenvalue weighted by molar-refractivity contribution is -0.161. The third-order valence-corrected chi connectivity index (χ3v) is 3.66. The Bertz CT molecular complexity index is 585. The van der Waals surface area contributed by atoms with E-state index in [1.54, 1.807) is 50.3 Å². The highest BCUT2D eigenvalue weighted by molar-refractivity contribution is 9.09. The second-order valence-electron chi connectivity index (χ2n) is 4.96. The number of carbonyl (C=O) groups is 3. The Kier molecular flexibility index (Phi) is 9.54. The minimum absolute atomic E-state index is 0.126. The molecule has 1 aromatic carbocycles. The lowest BCUT2D eigenvalue weighted by Gasteiger charge is -2.13. The standard InChI is InChI=1S/C18H22BrNO5/c1-3-24-17(22)14(18(23)25-4-2)11-8-12-15(19)20-16(21)13-9-6-5-7-10-13/h5-10,12,14-15H,3-4,11H2,1-2H3,(H,20,21)/b12-8+. The van der Waals surface area contributed by atoms with Crippen molar-refractivity contribution in [3.05, 3.63) is 48.0 Å². The molecule has 1 amide bonds. The van der Waals surface area contributed by atoms with Crippen molar-refractivity contribution in [3.8, 4) is 0 Å². The first-order valence-corrected chi connectivity index (χ1v) is 8.91. The van der Waals surface area contributed by atoms with Crippen molar-refractivity contribution < 1.29 is 23.9 Å². The zero-order chi connectivity index (χ0) is 18.7. The van der Waals surface area contributed by atoms with E-state index in [0.29, 0.717) is 5.56 Å². The Balaban J connectivity index is 2.60. The van der Waals surface area contributed by atoms with Crippen molar-refractivity contribution in [1.82, 2.24) is 5.32 Å². The van der Waals surface area contributed by atoms with Crippen molar-refractivity contribution in [2.24, 2.45) is 5.92 Å². The number of ether oxygens (including phenoxy) is 2. The number of halogens is 1. The highest BCUT2D eigenvalue weighted by Gasteiger charge is 2.28. The number of alkyl halides is 1. The minimum atomic E-state index is -1.01. The summed E-state index contributed by atoms with van der Waals surface area (Å²) in [5.41, 5.74) is 0.538. The Labute approximate surface area is 155 Å². The van der Waals surface area contributed by atoms with Crippen LogP contribution < -0.4 is 5.32 Å². The van der Waals surface area contributed by atoms with E-state index >= 15 is 0 Å². The largest absolute Gasteiger partial charge is 0.465 e. The summed E-state index contributed by atoms with van der Waals surface area (Å²) in [6.45, 7) is 3.71. The third-order valence-electron chi connectivity index (χ3n) is 3.12. The minimum Gasteiger partial charge on any atom is -0.465 e. The summed E-state index contributed by atoms with van der Waals surface area (Å²) in [4.78, 5) is 35.3. The molecule has 0 fully saturated rings. The zero-order valence-corrected chi connectivity index (χ0v) is 15.8. The molecule has 7 heteroatoms. The second-order valence-corrected chi connectivity index (χ2v) is 5.95. The molecule has 1 unspecified atom stereocenters. The number of rotatable bonds is 9. The number of benzene rings is 1. The molecule has 1 atom stereocenters. The van der Waals surface area contributed by atoms with Crippen molar-refractivity contribution >= 4 is 33.8 Å². The Morgan fingerprint density at radius 3 is 2.16 bits per heavy atom. The molecule has 1 rings (SSSR count). The molecular weight excluding hydrogens is 390 g/mol. The van der Waals surface area contributed by atoms with E-state index in [0.717, 1.165) is 0 Å². The molecule has 6 nitrogen and oxygen atoms in total. The van der Waals surface area contributed by atoms with Gasteiger partial charge in [0.2, 0.25) is 0 Å². The van der Waals surface area contributed by atoms with Crippen LogP contribution in [0.15, 0.2) is 42.5 Å². The van der Waals surface area contributed by atoms with Crippen molar-refractivity contribution in [1.29, 1.82) is 0 Å². The molecular formula is C18H22BrNO5. The molecule has 0 bridgehead atoms. The van der Waals surface area contributed by atoms with E-state index in [1.165, 1.54) is 0 Å². The van der Waals surface area contributed by atoms with E-state index in [2.05, 4.69) is 21.2 Å². The van der Waals surface area contributed by atoms with Crippen LogP contribution in [-0.2, 0) is 19.1 Å². The van der Waals surface area contributed by atoms with Gasteiger partial charge in [-0.2, -0.15) is 0 Å². The quantitative estimate of drug-likeness (QED) is 0.222. The summed E-state index contributed by atoms with van der Waals surface area (Å²) in [6, 6.07) is 8.79. The molecule has 0 aliphatic rings. The van der Waals surface area contributed by atoms with Gasteiger partial charge < -0.3 is 14.8 Å². The summed E-state index contributed by atoms with van der Waals surface area (Å²) in [5.74, 6) is -2.49. The van der Waals surface area contributed by atoms with E-state index in [9.17, 15) is 14.4 Å². The van der Waals surface area contributed by atoms with Gasteiger partial charge in [0.15, 0.2) is 5.92 Å². The van der Waals surface area contributed by atoms with Gasteiger partial charge in [-0.25, -0.2) is 0 Å². The molecule has 0 saturated heterocycles.